The highest BCUT2D eigenvalue weighted by Crippen LogP contribution is 2.20. The van der Waals surface area contributed by atoms with Crippen molar-refractivity contribution < 1.29 is 19.4 Å². The van der Waals surface area contributed by atoms with Crippen LogP contribution in [0, 0.1) is 5.92 Å². The lowest BCUT2D eigenvalue weighted by Gasteiger charge is -2.11. The molecule has 22 heavy (non-hydrogen) atoms. The van der Waals surface area contributed by atoms with E-state index in [1.54, 1.807) is 6.20 Å². The number of carboxylic acid groups (broad SMARTS) is 1. The second kappa shape index (κ2) is 6.11. The van der Waals surface area contributed by atoms with Crippen molar-refractivity contribution in [3.8, 4) is 0 Å². The minimum Gasteiger partial charge on any atom is -0.481 e. The highest BCUT2D eigenvalue weighted by atomic mass is 16.5. The molecule has 1 aliphatic rings. The monoisotopic (exact) mass is 300 g/mol. The van der Waals surface area contributed by atoms with Crippen LogP contribution in [0.4, 0.5) is 0 Å². The third-order valence-corrected chi connectivity index (χ3v) is 3.83. The number of nitrogens with zero attached hydrogens (tertiary/aromatic N) is 1. The Morgan fingerprint density at radius 1 is 1.32 bits per heavy atom. The van der Waals surface area contributed by atoms with E-state index in [1.165, 1.54) is 6.20 Å². The van der Waals surface area contributed by atoms with Crippen LogP contribution < -0.4 is 5.32 Å². The van der Waals surface area contributed by atoms with Crippen molar-refractivity contribution in [1.82, 2.24) is 10.3 Å². The summed E-state index contributed by atoms with van der Waals surface area (Å²) >= 11 is 0. The van der Waals surface area contributed by atoms with Crippen LogP contribution in [0.1, 0.15) is 16.8 Å². The fraction of sp³-hybridized carbons (Fsp3) is 0.312. The van der Waals surface area contributed by atoms with Crippen LogP contribution in [0.5, 0.6) is 0 Å². The molecule has 2 N–H and O–H groups in total. The molecule has 0 aliphatic carbocycles. The third-order valence-electron chi connectivity index (χ3n) is 3.83. The lowest BCUT2D eigenvalue weighted by molar-refractivity contribution is -0.141. The smallest absolute Gasteiger partial charge is 0.308 e. The molecule has 6 heteroatoms. The zero-order chi connectivity index (χ0) is 15.5. The predicted molar refractivity (Wildman–Crippen MR) is 79.6 cm³/mol. The standard InChI is InChI=1S/C16H16N2O4/c19-15(18-7-12-5-11(9-22-12)16(20)21)14-8-17-6-10-3-1-2-4-13(10)14/h1-4,6,8,11-12H,5,7,9H2,(H,18,19)(H,20,21). The van der Waals surface area contributed by atoms with Crippen LogP contribution in [0.2, 0.25) is 0 Å². The van der Waals surface area contributed by atoms with E-state index in [2.05, 4.69) is 10.3 Å². The fourth-order valence-corrected chi connectivity index (χ4v) is 2.62. The SMILES string of the molecule is O=C(NCC1CC(C(=O)O)CO1)c1cncc2ccccc12. The van der Waals surface area contributed by atoms with E-state index in [0.717, 1.165) is 10.8 Å². The number of carbonyl (C=O) groups is 2. The molecule has 1 fully saturated rings. The van der Waals surface area contributed by atoms with Gasteiger partial charge in [-0.1, -0.05) is 24.3 Å². The molecule has 6 nitrogen and oxygen atoms in total. The topological polar surface area (TPSA) is 88.5 Å². The Morgan fingerprint density at radius 2 is 2.14 bits per heavy atom. The van der Waals surface area contributed by atoms with E-state index in [0.29, 0.717) is 18.5 Å². The molecule has 2 heterocycles. The van der Waals surface area contributed by atoms with Gasteiger partial charge >= 0.3 is 5.97 Å². The quantitative estimate of drug-likeness (QED) is 0.892. The first kappa shape index (κ1) is 14.5. The maximum atomic E-state index is 12.3. The van der Waals surface area contributed by atoms with E-state index >= 15 is 0 Å². The first-order chi connectivity index (χ1) is 10.6. The second-order valence-corrected chi connectivity index (χ2v) is 5.34. The largest absolute Gasteiger partial charge is 0.481 e. The van der Waals surface area contributed by atoms with Crippen LogP contribution in [0.15, 0.2) is 36.7 Å². The van der Waals surface area contributed by atoms with E-state index in [1.807, 2.05) is 24.3 Å². The summed E-state index contributed by atoms with van der Waals surface area (Å²) < 4.78 is 5.39. The molecule has 1 amide bonds. The first-order valence-corrected chi connectivity index (χ1v) is 7.10. The number of hydrogen-bond donors (Lipinski definition) is 2. The number of nitrogens with one attached hydrogen (secondary N) is 1. The Labute approximate surface area is 127 Å². The van der Waals surface area contributed by atoms with Gasteiger partial charge in [-0.3, -0.25) is 14.6 Å². The summed E-state index contributed by atoms with van der Waals surface area (Å²) in [5.41, 5.74) is 0.505. The third kappa shape index (κ3) is 2.92. The lowest BCUT2D eigenvalue weighted by atomic mass is 10.1. The Bertz CT molecular complexity index is 711. The molecule has 1 saturated heterocycles. The van der Waals surface area contributed by atoms with Gasteiger partial charge in [0.2, 0.25) is 0 Å². The Kier molecular flexibility index (Phi) is 4.02. The number of carboxylic acids is 1. The molecule has 0 saturated carbocycles. The molecular formula is C16H16N2O4. The van der Waals surface area contributed by atoms with Gasteiger partial charge in [0.1, 0.15) is 0 Å². The van der Waals surface area contributed by atoms with Crippen molar-refractivity contribution in [2.75, 3.05) is 13.2 Å². The summed E-state index contributed by atoms with van der Waals surface area (Å²) in [7, 11) is 0. The molecular weight excluding hydrogens is 284 g/mol. The zero-order valence-corrected chi connectivity index (χ0v) is 11.9. The highest BCUT2D eigenvalue weighted by Gasteiger charge is 2.30. The number of aliphatic carboxylic acids is 1. The van der Waals surface area contributed by atoms with Gasteiger partial charge in [0.15, 0.2) is 0 Å². The molecule has 0 spiro atoms. The summed E-state index contributed by atoms with van der Waals surface area (Å²) in [6.45, 7) is 0.498. The summed E-state index contributed by atoms with van der Waals surface area (Å²) in [6.07, 6.45) is 3.41. The molecule has 2 aromatic rings. The number of carbonyl (C=O) groups excluding carboxylic acids is 1. The summed E-state index contributed by atoms with van der Waals surface area (Å²) in [4.78, 5) is 27.3. The van der Waals surface area contributed by atoms with E-state index in [4.69, 9.17) is 9.84 Å². The predicted octanol–water partition coefficient (Wildman–Crippen LogP) is 1.45. The van der Waals surface area contributed by atoms with Gasteiger partial charge in [-0.05, 0) is 11.8 Å². The number of pyridine rings is 1. The molecule has 0 bridgehead atoms. The normalized spacial score (nSPS) is 20.9. The van der Waals surface area contributed by atoms with Crippen molar-refractivity contribution >= 4 is 22.6 Å². The lowest BCUT2D eigenvalue weighted by Crippen LogP contribution is -2.32. The number of benzene rings is 1. The van der Waals surface area contributed by atoms with Gasteiger partial charge in [0.25, 0.3) is 5.91 Å². The minimum absolute atomic E-state index is 0.200. The number of hydrogen-bond acceptors (Lipinski definition) is 4. The maximum Gasteiger partial charge on any atom is 0.308 e. The summed E-state index contributed by atoms with van der Waals surface area (Å²) in [5.74, 6) is -1.57. The molecule has 1 aromatic heterocycles. The number of rotatable bonds is 4. The first-order valence-electron chi connectivity index (χ1n) is 7.10. The van der Waals surface area contributed by atoms with Crippen LogP contribution in [0.25, 0.3) is 10.8 Å². The fourth-order valence-electron chi connectivity index (χ4n) is 2.62. The van der Waals surface area contributed by atoms with Gasteiger partial charge in [0.05, 0.1) is 24.2 Å². The number of ether oxygens (including phenoxy) is 1. The molecule has 2 atom stereocenters. The number of amides is 1. The molecule has 0 radical (unpaired) electrons. The van der Waals surface area contributed by atoms with Gasteiger partial charge in [-0.15, -0.1) is 0 Å². The van der Waals surface area contributed by atoms with Crippen molar-refractivity contribution in [2.24, 2.45) is 5.92 Å². The van der Waals surface area contributed by atoms with Crippen molar-refractivity contribution in [3.05, 3.63) is 42.2 Å². The van der Waals surface area contributed by atoms with Crippen molar-refractivity contribution in [3.63, 3.8) is 0 Å². The van der Waals surface area contributed by atoms with E-state index in [-0.39, 0.29) is 18.6 Å². The molecule has 1 aliphatic heterocycles. The highest BCUT2D eigenvalue weighted by molar-refractivity contribution is 6.06. The van der Waals surface area contributed by atoms with Gasteiger partial charge in [-0.25, -0.2) is 0 Å². The van der Waals surface area contributed by atoms with Crippen LogP contribution >= 0.6 is 0 Å². The van der Waals surface area contributed by atoms with Crippen LogP contribution in [-0.4, -0.2) is 41.2 Å². The average molecular weight is 300 g/mol. The minimum atomic E-state index is -0.855. The van der Waals surface area contributed by atoms with E-state index < -0.39 is 11.9 Å². The average Bonchev–Trinajstić information content (AvgIpc) is 3.01. The summed E-state index contributed by atoms with van der Waals surface area (Å²) in [5, 5.41) is 13.5. The molecule has 3 rings (SSSR count). The van der Waals surface area contributed by atoms with Crippen LogP contribution in [0.3, 0.4) is 0 Å². The van der Waals surface area contributed by atoms with Gasteiger partial charge < -0.3 is 15.2 Å². The van der Waals surface area contributed by atoms with Crippen LogP contribution in [-0.2, 0) is 9.53 Å². The molecule has 2 unspecified atom stereocenters. The number of fused-ring (bicyclic) bond motifs is 1. The molecule has 1 aromatic carbocycles. The Balaban J connectivity index is 1.66. The molecule has 114 valence electrons. The zero-order valence-electron chi connectivity index (χ0n) is 11.9. The van der Waals surface area contributed by atoms with Gasteiger partial charge in [-0.2, -0.15) is 0 Å². The van der Waals surface area contributed by atoms with Gasteiger partial charge in [0, 0.05) is 24.3 Å². The van der Waals surface area contributed by atoms with Crippen molar-refractivity contribution in [1.29, 1.82) is 0 Å². The number of aromatic nitrogens is 1. The van der Waals surface area contributed by atoms with E-state index in [9.17, 15) is 9.59 Å². The maximum absolute atomic E-state index is 12.3. The second-order valence-electron chi connectivity index (χ2n) is 5.34. The Hall–Kier alpha value is -2.47. The Morgan fingerprint density at radius 3 is 2.91 bits per heavy atom. The summed E-state index contributed by atoms with van der Waals surface area (Å²) in [6, 6.07) is 7.54. The van der Waals surface area contributed by atoms with Crippen molar-refractivity contribution in [2.45, 2.75) is 12.5 Å².